The summed E-state index contributed by atoms with van der Waals surface area (Å²) in [6, 6.07) is 5.54. The highest BCUT2D eigenvalue weighted by atomic mass is 16.3. The van der Waals surface area contributed by atoms with Crippen LogP contribution in [0.15, 0.2) is 24.3 Å². The average Bonchev–Trinajstić information content (AvgIpc) is 3.62. The van der Waals surface area contributed by atoms with Crippen LogP contribution in [-0.4, -0.2) is 88.8 Å². The Morgan fingerprint density at radius 2 is 1.70 bits per heavy atom. The van der Waals surface area contributed by atoms with Gasteiger partial charge in [-0.1, -0.05) is 27.2 Å². The highest BCUT2D eigenvalue weighted by molar-refractivity contribution is 6.01. The van der Waals surface area contributed by atoms with E-state index >= 15 is 0 Å². The SMILES string of the molecule is CCCC(O)C(=O)N1CC(=O)C2C1CCN2C(=O)C(CC(C)C)NC(=O)c1ccc(N2CCCC2)cc1. The van der Waals surface area contributed by atoms with Gasteiger partial charge in [-0.15, -0.1) is 0 Å². The number of carbonyl (C=O) groups is 4. The number of nitrogens with zero attached hydrogens (tertiary/aromatic N) is 3. The van der Waals surface area contributed by atoms with Gasteiger partial charge in [0.1, 0.15) is 18.2 Å². The molecule has 4 rings (SSSR count). The van der Waals surface area contributed by atoms with Crippen LogP contribution in [0.4, 0.5) is 5.69 Å². The Labute approximate surface area is 219 Å². The summed E-state index contributed by atoms with van der Waals surface area (Å²) in [5, 5.41) is 13.1. The smallest absolute Gasteiger partial charge is 0.252 e. The Morgan fingerprint density at radius 1 is 1.03 bits per heavy atom. The Bertz CT molecular complexity index is 1000. The number of rotatable bonds is 9. The van der Waals surface area contributed by atoms with Crippen LogP contribution >= 0.6 is 0 Å². The second-order valence-electron chi connectivity index (χ2n) is 11.0. The van der Waals surface area contributed by atoms with Gasteiger partial charge < -0.3 is 25.1 Å². The van der Waals surface area contributed by atoms with Crippen LogP contribution in [0.5, 0.6) is 0 Å². The highest BCUT2D eigenvalue weighted by Crippen LogP contribution is 2.31. The highest BCUT2D eigenvalue weighted by Gasteiger charge is 2.52. The first-order valence-electron chi connectivity index (χ1n) is 13.7. The van der Waals surface area contributed by atoms with Crippen molar-refractivity contribution in [1.82, 2.24) is 15.1 Å². The minimum Gasteiger partial charge on any atom is -0.383 e. The summed E-state index contributed by atoms with van der Waals surface area (Å²) in [6.07, 6.45) is 3.13. The van der Waals surface area contributed by atoms with Crippen molar-refractivity contribution < 1.29 is 24.3 Å². The van der Waals surface area contributed by atoms with Gasteiger partial charge in [0.15, 0.2) is 5.78 Å². The maximum absolute atomic E-state index is 13.7. The standard InChI is InChI=1S/C28H40N4O5/c1-4-7-23(33)28(37)32-17-24(34)25-22(32)12-15-31(25)27(36)21(16-18(2)3)29-26(35)19-8-10-20(11-9-19)30-13-5-6-14-30/h8-11,18,21-23,25,33H,4-7,12-17H2,1-3H3,(H,29,35). The van der Waals surface area contributed by atoms with E-state index in [0.717, 1.165) is 18.8 Å². The van der Waals surface area contributed by atoms with E-state index in [2.05, 4.69) is 10.2 Å². The molecule has 9 nitrogen and oxygen atoms in total. The topological polar surface area (TPSA) is 110 Å². The van der Waals surface area contributed by atoms with Crippen molar-refractivity contribution in [3.63, 3.8) is 0 Å². The average molecular weight is 513 g/mol. The summed E-state index contributed by atoms with van der Waals surface area (Å²) in [4.78, 5) is 57.8. The number of Topliss-reactive ketones (excluding diaryl/α,β-unsaturated/α-hetero) is 1. The Hall–Kier alpha value is -2.94. The molecule has 1 aromatic carbocycles. The Morgan fingerprint density at radius 3 is 2.32 bits per heavy atom. The minimum absolute atomic E-state index is 0.0940. The summed E-state index contributed by atoms with van der Waals surface area (Å²) >= 11 is 0. The zero-order chi connectivity index (χ0) is 26.7. The van der Waals surface area contributed by atoms with Crippen molar-refractivity contribution in [3.05, 3.63) is 29.8 Å². The van der Waals surface area contributed by atoms with Crippen molar-refractivity contribution in [1.29, 1.82) is 0 Å². The van der Waals surface area contributed by atoms with E-state index in [1.165, 1.54) is 22.6 Å². The molecule has 3 heterocycles. The van der Waals surface area contributed by atoms with Gasteiger partial charge in [-0.05, 0) is 62.3 Å². The molecule has 3 aliphatic rings. The molecule has 4 atom stereocenters. The first kappa shape index (κ1) is 27.1. The summed E-state index contributed by atoms with van der Waals surface area (Å²) in [5.41, 5.74) is 1.58. The normalized spacial score (nSPS) is 22.9. The van der Waals surface area contributed by atoms with Crippen LogP contribution in [-0.2, 0) is 14.4 Å². The van der Waals surface area contributed by atoms with E-state index in [1.807, 2.05) is 32.9 Å². The number of carbonyl (C=O) groups excluding carboxylic acids is 4. The van der Waals surface area contributed by atoms with Gasteiger partial charge in [0.05, 0.1) is 12.6 Å². The predicted molar refractivity (Wildman–Crippen MR) is 140 cm³/mol. The van der Waals surface area contributed by atoms with E-state index in [0.29, 0.717) is 37.8 Å². The van der Waals surface area contributed by atoms with Crippen molar-refractivity contribution in [2.24, 2.45) is 5.92 Å². The molecule has 0 spiro atoms. The van der Waals surface area contributed by atoms with Gasteiger partial charge in [-0.25, -0.2) is 0 Å². The number of hydrogen-bond donors (Lipinski definition) is 2. The van der Waals surface area contributed by atoms with Crippen LogP contribution < -0.4 is 10.2 Å². The van der Waals surface area contributed by atoms with Crippen LogP contribution in [0.25, 0.3) is 0 Å². The lowest BCUT2D eigenvalue weighted by atomic mass is 10.0. The van der Waals surface area contributed by atoms with E-state index in [9.17, 15) is 24.3 Å². The number of likely N-dealkylation sites (tertiary alicyclic amines) is 2. The van der Waals surface area contributed by atoms with E-state index in [1.54, 1.807) is 12.1 Å². The zero-order valence-electron chi connectivity index (χ0n) is 22.2. The number of ketones is 1. The molecule has 0 aliphatic carbocycles. The zero-order valence-corrected chi connectivity index (χ0v) is 22.2. The van der Waals surface area contributed by atoms with E-state index < -0.39 is 30.1 Å². The molecule has 0 bridgehead atoms. The number of fused-ring (bicyclic) bond motifs is 1. The third kappa shape index (κ3) is 5.81. The lowest BCUT2D eigenvalue weighted by molar-refractivity contribution is -0.142. The Kier molecular flexibility index (Phi) is 8.52. The lowest BCUT2D eigenvalue weighted by Crippen LogP contribution is -2.53. The number of aliphatic hydroxyl groups is 1. The minimum atomic E-state index is -1.13. The number of aliphatic hydroxyl groups excluding tert-OH is 1. The quantitative estimate of drug-likeness (QED) is 0.524. The summed E-state index contributed by atoms with van der Waals surface area (Å²) < 4.78 is 0. The predicted octanol–water partition coefficient (Wildman–Crippen LogP) is 1.97. The largest absolute Gasteiger partial charge is 0.383 e. The van der Waals surface area contributed by atoms with Gasteiger partial charge in [0, 0.05) is 30.9 Å². The monoisotopic (exact) mass is 512 g/mol. The Balaban J connectivity index is 1.45. The fourth-order valence-electron chi connectivity index (χ4n) is 5.88. The van der Waals surface area contributed by atoms with Gasteiger partial charge in [-0.2, -0.15) is 0 Å². The summed E-state index contributed by atoms with van der Waals surface area (Å²) in [6.45, 7) is 8.14. The van der Waals surface area contributed by atoms with Gasteiger partial charge in [0.2, 0.25) is 5.91 Å². The molecule has 0 radical (unpaired) electrons. The van der Waals surface area contributed by atoms with Crippen molar-refractivity contribution in [2.45, 2.75) is 83.5 Å². The second kappa shape index (κ2) is 11.6. The number of benzene rings is 1. The number of anilines is 1. The van der Waals surface area contributed by atoms with Crippen LogP contribution in [0, 0.1) is 5.92 Å². The molecule has 3 aliphatic heterocycles. The lowest BCUT2D eigenvalue weighted by Gasteiger charge is -2.29. The molecule has 202 valence electrons. The molecule has 4 unspecified atom stereocenters. The second-order valence-corrected chi connectivity index (χ2v) is 11.0. The first-order chi connectivity index (χ1) is 17.7. The molecule has 3 amide bonds. The molecule has 0 aromatic heterocycles. The fourth-order valence-corrected chi connectivity index (χ4v) is 5.88. The molecule has 2 N–H and O–H groups in total. The maximum atomic E-state index is 13.7. The van der Waals surface area contributed by atoms with Gasteiger partial charge >= 0.3 is 0 Å². The van der Waals surface area contributed by atoms with Crippen molar-refractivity contribution >= 4 is 29.2 Å². The van der Waals surface area contributed by atoms with Crippen molar-refractivity contribution in [3.8, 4) is 0 Å². The molecule has 3 saturated heterocycles. The van der Waals surface area contributed by atoms with Crippen LogP contribution in [0.3, 0.4) is 0 Å². The fraction of sp³-hybridized carbons (Fsp3) is 0.643. The summed E-state index contributed by atoms with van der Waals surface area (Å²) in [5.74, 6) is -1.10. The molecule has 9 heteroatoms. The molecular formula is C28H40N4O5. The number of nitrogens with one attached hydrogen (secondary N) is 1. The number of amides is 3. The number of hydrogen-bond acceptors (Lipinski definition) is 6. The van der Waals surface area contributed by atoms with Crippen LogP contribution in [0.2, 0.25) is 0 Å². The molecule has 1 aromatic rings. The van der Waals surface area contributed by atoms with Crippen molar-refractivity contribution in [2.75, 3.05) is 31.1 Å². The third-order valence-electron chi connectivity index (χ3n) is 7.75. The summed E-state index contributed by atoms with van der Waals surface area (Å²) in [7, 11) is 0. The molecule has 0 saturated carbocycles. The van der Waals surface area contributed by atoms with Gasteiger partial charge in [-0.3, -0.25) is 19.2 Å². The van der Waals surface area contributed by atoms with E-state index in [4.69, 9.17) is 0 Å². The molecule has 3 fully saturated rings. The third-order valence-corrected chi connectivity index (χ3v) is 7.75. The molecular weight excluding hydrogens is 472 g/mol. The van der Waals surface area contributed by atoms with Gasteiger partial charge in [0.25, 0.3) is 11.8 Å². The van der Waals surface area contributed by atoms with Crippen LogP contribution in [0.1, 0.15) is 69.7 Å². The van der Waals surface area contributed by atoms with E-state index in [-0.39, 0.29) is 30.1 Å². The first-order valence-corrected chi connectivity index (χ1v) is 13.7. The maximum Gasteiger partial charge on any atom is 0.252 e. The molecule has 37 heavy (non-hydrogen) atoms.